The van der Waals surface area contributed by atoms with Crippen LogP contribution < -0.4 is 0 Å². The maximum Gasteiger partial charge on any atom is 0.139 e. The summed E-state index contributed by atoms with van der Waals surface area (Å²) in [5, 5.41) is 19.3. The molecular weight excluding hydrogens is 278 g/mol. The van der Waals surface area contributed by atoms with E-state index in [0.29, 0.717) is 23.7 Å². The number of benzene rings is 1. The number of aliphatic hydroxyl groups is 1. The summed E-state index contributed by atoms with van der Waals surface area (Å²) >= 11 is 0. The van der Waals surface area contributed by atoms with Gasteiger partial charge in [0.25, 0.3) is 0 Å². The highest BCUT2D eigenvalue weighted by Crippen LogP contribution is 2.40. The molecule has 0 bridgehead atoms. The molecule has 120 valence electrons. The summed E-state index contributed by atoms with van der Waals surface area (Å²) in [5.41, 5.74) is 2.79. The number of fused-ring (bicyclic) bond motifs is 3. The van der Waals surface area contributed by atoms with Crippen LogP contribution >= 0.6 is 0 Å². The van der Waals surface area contributed by atoms with E-state index in [1.165, 1.54) is 0 Å². The molecule has 1 saturated heterocycles. The van der Waals surface area contributed by atoms with Crippen molar-refractivity contribution in [1.82, 2.24) is 4.90 Å². The van der Waals surface area contributed by atoms with Gasteiger partial charge in [0.05, 0.1) is 6.61 Å². The predicted molar refractivity (Wildman–Crippen MR) is 84.6 cm³/mol. The van der Waals surface area contributed by atoms with Gasteiger partial charge in [-0.3, -0.25) is 9.69 Å². The zero-order valence-corrected chi connectivity index (χ0v) is 13.4. The maximum atomic E-state index is 12.5. The molecule has 2 atom stereocenters. The molecule has 0 saturated carbocycles. The fourth-order valence-corrected chi connectivity index (χ4v) is 3.94. The number of phenols is 1. The Bertz CT molecular complexity index is 582. The lowest BCUT2D eigenvalue weighted by molar-refractivity contribution is -0.129. The normalized spacial score (nSPS) is 25.2. The monoisotopic (exact) mass is 303 g/mol. The molecular formula is C18H25NO3. The first kappa shape index (κ1) is 15.5. The van der Waals surface area contributed by atoms with Gasteiger partial charge >= 0.3 is 0 Å². The lowest BCUT2D eigenvalue weighted by atomic mass is 9.79. The van der Waals surface area contributed by atoms with E-state index in [4.69, 9.17) is 0 Å². The topological polar surface area (TPSA) is 60.8 Å². The van der Waals surface area contributed by atoms with E-state index in [2.05, 4.69) is 18.7 Å². The van der Waals surface area contributed by atoms with E-state index in [0.717, 1.165) is 37.1 Å². The SMILES string of the molecule is CC(C)CC1CN2CCc3cc(O)c(CO)cc3[C@H]2CC1=O. The molecule has 2 heterocycles. The van der Waals surface area contributed by atoms with Crippen molar-refractivity contribution in [3.8, 4) is 5.75 Å². The number of aliphatic hydroxyl groups excluding tert-OH is 1. The zero-order chi connectivity index (χ0) is 15.9. The van der Waals surface area contributed by atoms with Crippen molar-refractivity contribution in [3.05, 3.63) is 28.8 Å². The third-order valence-corrected chi connectivity index (χ3v) is 5.04. The standard InChI is InChI=1S/C18H25NO3/c1-11(2)5-13-9-19-4-3-12-7-17(21)14(10-20)6-15(12)16(19)8-18(13)22/h6-7,11,13,16,20-21H,3-5,8-10H2,1-2H3/t13?,16-/m1/s1. The number of rotatable bonds is 3. The van der Waals surface area contributed by atoms with Crippen LogP contribution in [0.1, 0.15) is 49.4 Å². The Labute approximate surface area is 131 Å². The number of Topliss-reactive ketones (excluding diaryl/α,β-unsaturated/α-hetero) is 1. The minimum absolute atomic E-state index is 0.116. The first-order valence-electron chi connectivity index (χ1n) is 8.22. The maximum absolute atomic E-state index is 12.5. The van der Waals surface area contributed by atoms with Gasteiger partial charge in [-0.25, -0.2) is 0 Å². The molecule has 4 heteroatoms. The summed E-state index contributed by atoms with van der Waals surface area (Å²) in [7, 11) is 0. The first-order chi connectivity index (χ1) is 10.5. The van der Waals surface area contributed by atoms with Gasteiger partial charge in [0.15, 0.2) is 0 Å². The molecule has 3 rings (SSSR count). The highest BCUT2D eigenvalue weighted by Gasteiger charge is 2.38. The second-order valence-corrected chi connectivity index (χ2v) is 7.10. The van der Waals surface area contributed by atoms with Crippen molar-refractivity contribution in [1.29, 1.82) is 0 Å². The molecule has 2 N–H and O–H groups in total. The molecule has 1 aromatic rings. The number of aromatic hydroxyl groups is 1. The third-order valence-electron chi connectivity index (χ3n) is 5.04. The first-order valence-corrected chi connectivity index (χ1v) is 8.22. The van der Waals surface area contributed by atoms with Crippen LogP contribution in [0, 0.1) is 11.8 Å². The minimum atomic E-state index is -0.171. The Balaban J connectivity index is 1.88. The van der Waals surface area contributed by atoms with Crippen LogP contribution in [0.5, 0.6) is 5.75 Å². The molecule has 1 aromatic carbocycles. The fraction of sp³-hybridized carbons (Fsp3) is 0.611. The van der Waals surface area contributed by atoms with Gasteiger partial charge in [-0.2, -0.15) is 0 Å². The van der Waals surface area contributed by atoms with Crippen LogP contribution in [0.4, 0.5) is 0 Å². The second kappa shape index (κ2) is 6.01. The summed E-state index contributed by atoms with van der Waals surface area (Å²) in [5.74, 6) is 1.23. The smallest absolute Gasteiger partial charge is 0.139 e. The number of hydrogen-bond donors (Lipinski definition) is 2. The van der Waals surface area contributed by atoms with Crippen molar-refractivity contribution in [2.45, 2.75) is 45.8 Å². The van der Waals surface area contributed by atoms with Gasteiger partial charge in [-0.05, 0) is 42.0 Å². The van der Waals surface area contributed by atoms with Crippen molar-refractivity contribution >= 4 is 5.78 Å². The number of nitrogens with zero attached hydrogens (tertiary/aromatic N) is 1. The van der Waals surface area contributed by atoms with E-state index < -0.39 is 0 Å². The van der Waals surface area contributed by atoms with Gasteiger partial charge in [0, 0.05) is 37.0 Å². The molecule has 0 radical (unpaired) electrons. The summed E-state index contributed by atoms with van der Waals surface area (Å²) in [6.07, 6.45) is 2.42. The molecule has 4 nitrogen and oxygen atoms in total. The number of piperidine rings is 1. The van der Waals surface area contributed by atoms with Crippen molar-refractivity contribution < 1.29 is 15.0 Å². The van der Waals surface area contributed by atoms with Crippen molar-refractivity contribution in [3.63, 3.8) is 0 Å². The second-order valence-electron chi connectivity index (χ2n) is 7.10. The molecule has 2 aliphatic heterocycles. The zero-order valence-electron chi connectivity index (χ0n) is 13.4. The number of carbonyl (C=O) groups is 1. The Morgan fingerprint density at radius 2 is 2.14 bits per heavy atom. The van der Waals surface area contributed by atoms with E-state index in [9.17, 15) is 15.0 Å². The molecule has 0 spiro atoms. The largest absolute Gasteiger partial charge is 0.508 e. The number of hydrogen-bond acceptors (Lipinski definition) is 4. The van der Waals surface area contributed by atoms with Gasteiger partial charge in [-0.1, -0.05) is 13.8 Å². The summed E-state index contributed by atoms with van der Waals surface area (Å²) < 4.78 is 0. The molecule has 0 aromatic heterocycles. The molecule has 1 unspecified atom stereocenters. The van der Waals surface area contributed by atoms with Crippen LogP contribution in [0.2, 0.25) is 0 Å². The van der Waals surface area contributed by atoms with Crippen LogP contribution in [0.15, 0.2) is 12.1 Å². The minimum Gasteiger partial charge on any atom is -0.508 e. The van der Waals surface area contributed by atoms with E-state index in [-0.39, 0.29) is 24.3 Å². The molecule has 0 aliphatic carbocycles. The summed E-state index contributed by atoms with van der Waals surface area (Å²) in [4.78, 5) is 14.9. The lowest BCUT2D eigenvalue weighted by Gasteiger charge is -2.43. The predicted octanol–water partition coefficient (Wildman–Crippen LogP) is 2.42. The van der Waals surface area contributed by atoms with Crippen LogP contribution in [0.25, 0.3) is 0 Å². The Morgan fingerprint density at radius 3 is 2.82 bits per heavy atom. The van der Waals surface area contributed by atoms with Crippen LogP contribution in [0.3, 0.4) is 0 Å². The summed E-state index contributed by atoms with van der Waals surface area (Å²) in [6, 6.07) is 3.77. The molecule has 1 fully saturated rings. The highest BCUT2D eigenvalue weighted by molar-refractivity contribution is 5.83. The van der Waals surface area contributed by atoms with Gasteiger partial charge in [0.1, 0.15) is 11.5 Å². The van der Waals surface area contributed by atoms with E-state index >= 15 is 0 Å². The average molecular weight is 303 g/mol. The Morgan fingerprint density at radius 1 is 1.36 bits per heavy atom. The van der Waals surface area contributed by atoms with Crippen molar-refractivity contribution in [2.24, 2.45) is 11.8 Å². The quantitative estimate of drug-likeness (QED) is 0.900. The average Bonchev–Trinajstić information content (AvgIpc) is 2.47. The highest BCUT2D eigenvalue weighted by atomic mass is 16.3. The van der Waals surface area contributed by atoms with Gasteiger partial charge < -0.3 is 10.2 Å². The van der Waals surface area contributed by atoms with Crippen LogP contribution in [-0.2, 0) is 17.8 Å². The Kier molecular flexibility index (Phi) is 4.24. The molecule has 2 aliphatic rings. The Hall–Kier alpha value is -1.39. The van der Waals surface area contributed by atoms with Crippen molar-refractivity contribution in [2.75, 3.05) is 13.1 Å². The number of carbonyl (C=O) groups excluding carboxylic acids is 1. The van der Waals surface area contributed by atoms with Crippen LogP contribution in [-0.4, -0.2) is 34.0 Å². The third kappa shape index (κ3) is 2.77. The van der Waals surface area contributed by atoms with E-state index in [1.807, 2.05) is 6.07 Å². The molecule has 22 heavy (non-hydrogen) atoms. The van der Waals surface area contributed by atoms with Gasteiger partial charge in [0.2, 0.25) is 0 Å². The number of ketones is 1. The summed E-state index contributed by atoms with van der Waals surface area (Å²) in [6.45, 7) is 5.95. The fourth-order valence-electron chi connectivity index (χ4n) is 3.94. The lowest BCUT2D eigenvalue weighted by Crippen LogP contribution is -2.46. The molecule has 0 amide bonds. The van der Waals surface area contributed by atoms with E-state index in [1.54, 1.807) is 6.07 Å². The van der Waals surface area contributed by atoms with Gasteiger partial charge in [-0.15, -0.1) is 0 Å².